The number of carbonyl (C=O) groups is 1. The van der Waals surface area contributed by atoms with Gasteiger partial charge in [0.15, 0.2) is 5.69 Å². The summed E-state index contributed by atoms with van der Waals surface area (Å²) in [5.41, 5.74) is 0.867. The van der Waals surface area contributed by atoms with Gasteiger partial charge in [-0.05, 0) is 45.7 Å². The van der Waals surface area contributed by atoms with E-state index in [9.17, 15) is 19.1 Å². The van der Waals surface area contributed by atoms with Gasteiger partial charge in [-0.25, -0.2) is 9.07 Å². The van der Waals surface area contributed by atoms with Crippen LogP contribution >= 0.6 is 11.6 Å². The molecule has 0 spiro atoms. The number of benzene rings is 1. The van der Waals surface area contributed by atoms with Crippen LogP contribution < -0.4 is 15.2 Å². The molecule has 1 N–H and O–H groups in total. The average Bonchev–Trinajstić information content (AvgIpc) is 3.30. The van der Waals surface area contributed by atoms with Crippen molar-refractivity contribution >= 4 is 23.2 Å². The van der Waals surface area contributed by atoms with E-state index in [1.54, 1.807) is 4.90 Å². The molecule has 10 nitrogen and oxygen atoms in total. The van der Waals surface area contributed by atoms with Gasteiger partial charge in [0, 0.05) is 44.4 Å². The van der Waals surface area contributed by atoms with Gasteiger partial charge in [-0.2, -0.15) is 5.10 Å². The van der Waals surface area contributed by atoms with Crippen molar-refractivity contribution < 1.29 is 23.8 Å². The Bertz CT molecular complexity index is 1340. The molecule has 3 unspecified atom stereocenters. The van der Waals surface area contributed by atoms with Gasteiger partial charge in [0.2, 0.25) is 0 Å². The van der Waals surface area contributed by atoms with Crippen LogP contribution in [0.2, 0.25) is 5.02 Å². The Morgan fingerprint density at radius 3 is 2.67 bits per heavy atom. The zero-order valence-corrected chi connectivity index (χ0v) is 24.2. The number of aliphatic hydroxyl groups is 1. The molecule has 12 heteroatoms. The van der Waals surface area contributed by atoms with Crippen LogP contribution in [0.1, 0.15) is 67.8 Å². The molecule has 1 aromatic heterocycles. The molecule has 0 aliphatic carbocycles. The van der Waals surface area contributed by atoms with E-state index in [1.807, 2.05) is 30.6 Å². The molecular weight excluding hydrogens is 541 g/mol. The average molecular weight is 578 g/mol. The van der Waals surface area contributed by atoms with Crippen LogP contribution in [-0.2, 0) is 11.3 Å². The molecule has 1 aromatic carbocycles. The Balaban J connectivity index is 1.74. The first kappa shape index (κ1) is 28.8. The number of fused-ring (bicyclic) bond motifs is 7. The number of halogens is 2. The van der Waals surface area contributed by atoms with Crippen molar-refractivity contribution in [3.8, 4) is 5.75 Å². The molecule has 2 aromatic rings. The maximum atomic E-state index is 14.4. The van der Waals surface area contributed by atoms with Crippen LogP contribution in [0.4, 0.5) is 10.1 Å². The lowest BCUT2D eigenvalue weighted by Gasteiger charge is -2.48. The van der Waals surface area contributed by atoms with Gasteiger partial charge in [0.05, 0.1) is 35.5 Å². The second-order valence-electron chi connectivity index (χ2n) is 10.6. The Kier molecular flexibility index (Phi) is 8.37. The molecular formula is C28H37ClFN5O5. The first-order valence-corrected chi connectivity index (χ1v) is 14.4. The summed E-state index contributed by atoms with van der Waals surface area (Å²) < 4.78 is 27.4. The van der Waals surface area contributed by atoms with Gasteiger partial charge in [-0.15, -0.1) is 0 Å². The van der Waals surface area contributed by atoms with Gasteiger partial charge >= 0.3 is 0 Å². The number of likely N-dealkylation sites (N-methyl/N-ethyl adjacent to an activating group) is 1. The van der Waals surface area contributed by atoms with Crippen molar-refractivity contribution in [2.45, 2.75) is 71.0 Å². The first-order chi connectivity index (χ1) is 19.2. The standard InChI is InChI=1S/C28H37ClFN5O5/c1-5-32-10-8-7-9-11-40-20-13-19(30)18(29)12-17(20)15-34-26(36)21-23(22(31-34)27(32)37)35-16(3)14-33(6-2)28(38)24(35)25(21)39-4/h12-13,16,24-25,28,38H,5-11,14-15H2,1-4H3/t16-,24?,25?,28?/m0/s1. The van der Waals surface area contributed by atoms with Crippen LogP contribution in [0.5, 0.6) is 5.75 Å². The van der Waals surface area contributed by atoms with Crippen LogP contribution in [0, 0.1) is 5.82 Å². The summed E-state index contributed by atoms with van der Waals surface area (Å²) in [7, 11) is 1.50. The monoisotopic (exact) mass is 577 g/mol. The maximum absolute atomic E-state index is 14.4. The highest BCUT2D eigenvalue weighted by atomic mass is 35.5. The zero-order valence-electron chi connectivity index (χ0n) is 23.4. The molecule has 0 saturated carbocycles. The Labute approximate surface area is 238 Å². The molecule has 3 aliphatic rings. The molecule has 0 radical (unpaired) electrons. The smallest absolute Gasteiger partial charge is 0.276 e. The lowest BCUT2D eigenvalue weighted by atomic mass is 10.0. The van der Waals surface area contributed by atoms with Gasteiger partial charge in [-0.1, -0.05) is 18.5 Å². The molecule has 5 rings (SSSR count). The van der Waals surface area contributed by atoms with Crippen molar-refractivity contribution in [1.82, 2.24) is 19.6 Å². The first-order valence-electron chi connectivity index (χ1n) is 14.0. The van der Waals surface area contributed by atoms with Crippen LogP contribution in [0.15, 0.2) is 16.9 Å². The minimum absolute atomic E-state index is 0.0891. The summed E-state index contributed by atoms with van der Waals surface area (Å²) in [6.07, 6.45) is 0.581. The van der Waals surface area contributed by atoms with Crippen molar-refractivity contribution in [1.29, 1.82) is 0 Å². The lowest BCUT2D eigenvalue weighted by Crippen LogP contribution is -2.63. The molecule has 218 valence electrons. The number of anilines is 1. The number of piperazine rings is 1. The Morgan fingerprint density at radius 1 is 1.20 bits per heavy atom. The van der Waals surface area contributed by atoms with Gasteiger partial charge in [-0.3, -0.25) is 14.5 Å². The largest absolute Gasteiger partial charge is 0.493 e. The third-order valence-corrected chi connectivity index (χ3v) is 8.57. The van der Waals surface area contributed by atoms with E-state index in [2.05, 4.69) is 5.10 Å². The molecule has 1 fully saturated rings. The van der Waals surface area contributed by atoms with Crippen LogP contribution in [0.25, 0.3) is 0 Å². The summed E-state index contributed by atoms with van der Waals surface area (Å²) in [6.45, 7) is 8.33. The van der Waals surface area contributed by atoms with Crippen molar-refractivity contribution in [2.24, 2.45) is 0 Å². The molecule has 4 heterocycles. The number of rotatable bonds is 3. The number of amides is 1. The number of hydrogen-bond donors (Lipinski definition) is 1. The number of nitrogens with zero attached hydrogens (tertiary/aromatic N) is 5. The van der Waals surface area contributed by atoms with E-state index >= 15 is 0 Å². The highest BCUT2D eigenvalue weighted by Crippen LogP contribution is 2.46. The predicted octanol–water partition coefficient (Wildman–Crippen LogP) is 3.03. The fourth-order valence-electron chi connectivity index (χ4n) is 6.26. The van der Waals surface area contributed by atoms with Crippen LogP contribution in [-0.4, -0.2) is 88.8 Å². The van der Waals surface area contributed by atoms with E-state index in [1.165, 1.54) is 23.9 Å². The quantitative estimate of drug-likeness (QED) is 0.594. The van der Waals surface area contributed by atoms with Gasteiger partial charge < -0.3 is 24.4 Å². The van der Waals surface area contributed by atoms with E-state index < -0.39 is 29.8 Å². The van der Waals surface area contributed by atoms with Crippen molar-refractivity contribution in [3.05, 3.63) is 50.1 Å². The molecule has 1 saturated heterocycles. The van der Waals surface area contributed by atoms with Crippen molar-refractivity contribution in [3.63, 3.8) is 0 Å². The van der Waals surface area contributed by atoms with Gasteiger partial charge in [0.1, 0.15) is 23.9 Å². The van der Waals surface area contributed by atoms with E-state index in [0.717, 1.165) is 19.3 Å². The van der Waals surface area contributed by atoms with E-state index in [-0.39, 0.29) is 40.5 Å². The minimum Gasteiger partial charge on any atom is -0.493 e. The number of carbonyl (C=O) groups excluding carboxylic acids is 1. The number of ether oxygens (including phenoxy) is 2. The highest BCUT2D eigenvalue weighted by Gasteiger charge is 2.53. The minimum atomic E-state index is -0.915. The third kappa shape index (κ3) is 4.87. The summed E-state index contributed by atoms with van der Waals surface area (Å²) >= 11 is 6.13. The molecule has 1 amide bonds. The van der Waals surface area contributed by atoms with Crippen molar-refractivity contribution in [2.75, 3.05) is 44.8 Å². The maximum Gasteiger partial charge on any atom is 0.276 e. The number of aliphatic hydroxyl groups excluding tert-OH is 1. The fraction of sp³-hybridized carbons (Fsp3) is 0.607. The lowest BCUT2D eigenvalue weighted by molar-refractivity contribution is -0.0756. The zero-order chi connectivity index (χ0) is 28.7. The third-order valence-electron chi connectivity index (χ3n) is 8.28. The number of aromatic nitrogens is 2. The number of hydrogen-bond acceptors (Lipinski definition) is 8. The summed E-state index contributed by atoms with van der Waals surface area (Å²) in [6, 6.07) is 1.94. The summed E-state index contributed by atoms with van der Waals surface area (Å²) in [5.74, 6) is -0.627. The molecule has 40 heavy (non-hydrogen) atoms. The SMILES string of the molecule is CCN1CCCCCOc2cc(F)c(Cl)cc2Cn2nc(c3c(c2=O)C(OC)C2C(O)N(CC)C[C@H](C)N32)C1=O. The Morgan fingerprint density at radius 2 is 1.98 bits per heavy atom. The van der Waals surface area contributed by atoms with Crippen LogP contribution in [0.3, 0.4) is 0 Å². The molecule has 4 atom stereocenters. The molecule has 2 bridgehead atoms. The number of methoxy groups -OCH3 is 1. The second kappa shape index (κ2) is 11.6. The summed E-state index contributed by atoms with van der Waals surface area (Å²) in [4.78, 5) is 33.9. The highest BCUT2D eigenvalue weighted by molar-refractivity contribution is 6.30. The second-order valence-corrected chi connectivity index (χ2v) is 11.1. The Hall–Kier alpha value is -2.73. The summed E-state index contributed by atoms with van der Waals surface area (Å²) in [5, 5.41) is 15.9. The van der Waals surface area contributed by atoms with E-state index in [0.29, 0.717) is 44.0 Å². The molecule has 3 aliphatic heterocycles. The normalized spacial score (nSPS) is 25.6. The fourth-order valence-corrected chi connectivity index (χ4v) is 6.45. The van der Waals surface area contributed by atoms with Gasteiger partial charge in [0.25, 0.3) is 11.5 Å². The van der Waals surface area contributed by atoms with E-state index in [4.69, 9.17) is 21.1 Å². The topological polar surface area (TPSA) is 100 Å². The predicted molar refractivity (Wildman–Crippen MR) is 149 cm³/mol.